The number of benzene rings is 2. The maximum Gasteiger partial charge on any atom is 0.0941 e. The highest BCUT2D eigenvalue weighted by Gasteiger charge is 2.07. The third-order valence-electron chi connectivity index (χ3n) is 5.11. The minimum absolute atomic E-state index is 0.778. The zero-order valence-electron chi connectivity index (χ0n) is 15.4. The highest BCUT2D eigenvalue weighted by atomic mass is 14.7. The highest BCUT2D eigenvalue weighted by molar-refractivity contribution is 5.99. The lowest BCUT2D eigenvalue weighted by Gasteiger charge is -2.10. The van der Waals surface area contributed by atoms with Crippen molar-refractivity contribution in [2.24, 2.45) is 0 Å². The number of hydrogen-bond donors (Lipinski definition) is 1. The van der Waals surface area contributed by atoms with E-state index in [0.29, 0.717) is 0 Å². The van der Waals surface area contributed by atoms with Crippen molar-refractivity contribution in [1.29, 1.82) is 0 Å². The van der Waals surface area contributed by atoms with E-state index in [9.17, 15) is 0 Å². The van der Waals surface area contributed by atoms with Crippen molar-refractivity contribution in [2.45, 2.75) is 64.7 Å². The predicted molar refractivity (Wildman–Crippen MR) is 110 cm³/mol. The first kappa shape index (κ1) is 17.7. The molecule has 1 aromatic heterocycles. The zero-order valence-corrected chi connectivity index (χ0v) is 15.4. The molecule has 25 heavy (non-hydrogen) atoms. The summed E-state index contributed by atoms with van der Waals surface area (Å²) in [7, 11) is 0. The molecule has 0 saturated heterocycles. The smallest absolute Gasteiger partial charge is 0.0941 e. The third-order valence-corrected chi connectivity index (χ3v) is 5.11. The van der Waals surface area contributed by atoms with Crippen LogP contribution in [-0.4, -0.2) is 4.98 Å². The number of pyridine rings is 1. The average molecular weight is 335 g/mol. The quantitative estimate of drug-likeness (QED) is 0.270. The molecule has 3 aromatic rings. The van der Waals surface area contributed by atoms with E-state index in [1.165, 1.54) is 67.7 Å². The molecule has 0 aliphatic rings. The highest BCUT2D eigenvalue weighted by Crippen LogP contribution is 2.28. The van der Waals surface area contributed by atoms with Crippen molar-refractivity contribution >= 4 is 27.5 Å². The van der Waals surface area contributed by atoms with E-state index < -0.39 is 0 Å². The Balaban J connectivity index is 1.65. The number of aryl methyl sites for hydroxylation is 1. The molecule has 0 saturated carbocycles. The summed E-state index contributed by atoms with van der Waals surface area (Å²) in [4.78, 5) is 4.80. The molecule has 0 fully saturated rings. The molecule has 0 aliphatic heterocycles. The Morgan fingerprint density at radius 2 is 1.56 bits per heavy atom. The summed E-state index contributed by atoms with van der Waals surface area (Å²) in [6.07, 6.45) is 11.9. The standard InChI is InChI=1S/C23H30N2/c1-2-3-4-5-6-7-8-9-12-18-15-16-21(24)23-20(18)17-19-13-10-11-14-22(19)25-23/h10-11,13-17H,2-9,12,24H2,1H3. The monoisotopic (exact) mass is 334 g/mol. The number of nitrogen functional groups attached to an aromatic ring is 1. The molecule has 1 heterocycles. The Morgan fingerprint density at radius 3 is 2.36 bits per heavy atom. The van der Waals surface area contributed by atoms with Gasteiger partial charge in [0.15, 0.2) is 0 Å². The molecular formula is C23H30N2. The van der Waals surface area contributed by atoms with Crippen LogP contribution < -0.4 is 5.73 Å². The van der Waals surface area contributed by atoms with Crippen LogP contribution >= 0.6 is 0 Å². The van der Waals surface area contributed by atoms with Crippen molar-refractivity contribution in [1.82, 2.24) is 4.98 Å². The molecule has 0 unspecified atom stereocenters. The van der Waals surface area contributed by atoms with E-state index in [0.717, 1.165) is 23.1 Å². The number of aromatic nitrogens is 1. The van der Waals surface area contributed by atoms with Gasteiger partial charge in [-0.15, -0.1) is 0 Å². The summed E-state index contributed by atoms with van der Waals surface area (Å²) in [5, 5.41) is 2.42. The van der Waals surface area contributed by atoms with E-state index in [1.54, 1.807) is 0 Å². The number of nitrogens with zero attached hydrogens (tertiary/aromatic N) is 1. The Bertz CT molecular complexity index is 823. The van der Waals surface area contributed by atoms with E-state index >= 15 is 0 Å². The Kier molecular flexibility index (Phi) is 6.27. The summed E-state index contributed by atoms with van der Waals surface area (Å²) >= 11 is 0. The summed E-state index contributed by atoms with van der Waals surface area (Å²) in [5.41, 5.74) is 10.3. The molecule has 2 nitrogen and oxygen atoms in total. The number of fused-ring (bicyclic) bond motifs is 2. The first-order chi connectivity index (χ1) is 12.3. The molecule has 0 radical (unpaired) electrons. The van der Waals surface area contributed by atoms with Gasteiger partial charge in [-0.3, -0.25) is 0 Å². The predicted octanol–water partition coefficient (Wildman–Crippen LogP) is 6.65. The SMILES string of the molecule is CCCCCCCCCCc1ccc(N)c2nc3ccccc3cc12. The fourth-order valence-electron chi connectivity index (χ4n) is 3.61. The number of unbranched alkanes of at least 4 members (excludes halogenated alkanes) is 7. The number of rotatable bonds is 9. The van der Waals surface area contributed by atoms with Crippen LogP contribution in [0.5, 0.6) is 0 Å². The fraction of sp³-hybridized carbons (Fsp3) is 0.435. The van der Waals surface area contributed by atoms with Crippen molar-refractivity contribution in [3.8, 4) is 0 Å². The molecular weight excluding hydrogens is 304 g/mol. The van der Waals surface area contributed by atoms with Crippen LogP contribution in [0.4, 0.5) is 5.69 Å². The van der Waals surface area contributed by atoms with Crippen LogP contribution in [0, 0.1) is 0 Å². The molecule has 2 heteroatoms. The Hall–Kier alpha value is -2.09. The summed E-state index contributed by atoms with van der Waals surface area (Å²) < 4.78 is 0. The van der Waals surface area contributed by atoms with Crippen LogP contribution in [0.3, 0.4) is 0 Å². The molecule has 0 spiro atoms. The van der Waals surface area contributed by atoms with Crippen molar-refractivity contribution in [3.63, 3.8) is 0 Å². The van der Waals surface area contributed by atoms with Gasteiger partial charge in [-0.25, -0.2) is 4.98 Å². The summed E-state index contributed by atoms with van der Waals surface area (Å²) in [5.74, 6) is 0. The van der Waals surface area contributed by atoms with E-state index in [-0.39, 0.29) is 0 Å². The second-order valence-corrected chi connectivity index (χ2v) is 7.12. The van der Waals surface area contributed by atoms with E-state index in [4.69, 9.17) is 10.7 Å². The normalized spacial score (nSPS) is 11.4. The van der Waals surface area contributed by atoms with Gasteiger partial charge < -0.3 is 5.73 Å². The van der Waals surface area contributed by atoms with Gasteiger partial charge in [0.25, 0.3) is 0 Å². The van der Waals surface area contributed by atoms with Crippen LogP contribution in [0.1, 0.15) is 63.9 Å². The van der Waals surface area contributed by atoms with Gasteiger partial charge in [-0.2, -0.15) is 0 Å². The van der Waals surface area contributed by atoms with Gasteiger partial charge in [0, 0.05) is 10.8 Å². The largest absolute Gasteiger partial charge is 0.397 e. The molecule has 0 amide bonds. The second kappa shape index (κ2) is 8.84. The van der Waals surface area contributed by atoms with Crippen LogP contribution in [0.25, 0.3) is 21.8 Å². The lowest BCUT2D eigenvalue weighted by atomic mass is 9.99. The summed E-state index contributed by atoms with van der Waals surface area (Å²) in [6, 6.07) is 14.8. The third kappa shape index (κ3) is 4.50. The number of para-hydroxylation sites is 1. The number of anilines is 1. The van der Waals surface area contributed by atoms with Gasteiger partial charge in [0.2, 0.25) is 0 Å². The van der Waals surface area contributed by atoms with Crippen molar-refractivity contribution in [2.75, 3.05) is 5.73 Å². The van der Waals surface area contributed by atoms with Crippen LogP contribution in [-0.2, 0) is 6.42 Å². The Labute approximate surface area is 151 Å². The molecule has 0 atom stereocenters. The molecule has 0 aliphatic carbocycles. The minimum Gasteiger partial charge on any atom is -0.397 e. The average Bonchev–Trinajstić information content (AvgIpc) is 2.64. The van der Waals surface area contributed by atoms with Crippen LogP contribution in [0.15, 0.2) is 42.5 Å². The van der Waals surface area contributed by atoms with Crippen molar-refractivity contribution in [3.05, 3.63) is 48.0 Å². The fourth-order valence-corrected chi connectivity index (χ4v) is 3.61. The van der Waals surface area contributed by atoms with E-state index in [2.05, 4.69) is 37.3 Å². The summed E-state index contributed by atoms with van der Waals surface area (Å²) in [6.45, 7) is 2.27. The topological polar surface area (TPSA) is 38.9 Å². The first-order valence-electron chi connectivity index (χ1n) is 9.86. The van der Waals surface area contributed by atoms with Crippen molar-refractivity contribution < 1.29 is 0 Å². The Morgan fingerprint density at radius 1 is 0.840 bits per heavy atom. The zero-order chi connectivity index (χ0) is 17.5. The molecule has 132 valence electrons. The number of nitrogens with two attached hydrogens (primary N) is 1. The first-order valence-corrected chi connectivity index (χ1v) is 9.86. The molecule has 3 rings (SSSR count). The number of hydrogen-bond acceptors (Lipinski definition) is 2. The lowest BCUT2D eigenvalue weighted by molar-refractivity contribution is 0.576. The molecule has 2 N–H and O–H groups in total. The van der Waals surface area contributed by atoms with Gasteiger partial charge in [-0.05, 0) is 36.6 Å². The molecule has 2 aromatic carbocycles. The van der Waals surface area contributed by atoms with Gasteiger partial charge in [0.05, 0.1) is 16.7 Å². The van der Waals surface area contributed by atoms with Gasteiger partial charge in [0.1, 0.15) is 0 Å². The lowest BCUT2D eigenvalue weighted by Crippen LogP contribution is -1.95. The van der Waals surface area contributed by atoms with Gasteiger partial charge in [-0.1, -0.05) is 76.1 Å². The maximum atomic E-state index is 6.19. The minimum atomic E-state index is 0.778. The second-order valence-electron chi connectivity index (χ2n) is 7.12. The molecule has 0 bridgehead atoms. The van der Waals surface area contributed by atoms with Crippen LogP contribution in [0.2, 0.25) is 0 Å². The van der Waals surface area contributed by atoms with E-state index in [1.807, 2.05) is 12.1 Å². The van der Waals surface area contributed by atoms with Gasteiger partial charge >= 0.3 is 0 Å². The maximum absolute atomic E-state index is 6.19.